The highest BCUT2D eigenvalue weighted by molar-refractivity contribution is 5.89. The summed E-state index contributed by atoms with van der Waals surface area (Å²) in [5.74, 6) is -1.04. The third kappa shape index (κ3) is 16.5. The smallest absolute Gasteiger partial charge is 0.242 e. The maximum Gasteiger partial charge on any atom is 0.242 e. The van der Waals surface area contributed by atoms with Crippen molar-refractivity contribution in [2.24, 2.45) is 0 Å². The van der Waals surface area contributed by atoms with Crippen LogP contribution >= 0.6 is 0 Å². The van der Waals surface area contributed by atoms with Crippen LogP contribution in [0.5, 0.6) is 0 Å². The van der Waals surface area contributed by atoms with Gasteiger partial charge in [0.1, 0.15) is 6.04 Å². The minimum absolute atomic E-state index is 0.0605. The van der Waals surface area contributed by atoms with Crippen LogP contribution in [-0.4, -0.2) is 58.4 Å². The molecule has 198 valence electrons. The third-order valence-electron chi connectivity index (χ3n) is 4.34. The summed E-state index contributed by atoms with van der Waals surface area (Å²) in [5.41, 5.74) is -1.10. The molecule has 0 aliphatic heterocycles. The number of hydrogen-bond acceptors (Lipinski definition) is 5. The summed E-state index contributed by atoms with van der Waals surface area (Å²) < 4.78 is 0. The minimum atomic E-state index is -0.835. The summed E-state index contributed by atoms with van der Waals surface area (Å²) in [4.78, 5) is 50.4. The van der Waals surface area contributed by atoms with Gasteiger partial charge < -0.3 is 26.6 Å². The van der Waals surface area contributed by atoms with Crippen LogP contribution in [0.2, 0.25) is 0 Å². The first kappa shape index (κ1) is 31.8. The van der Waals surface area contributed by atoms with Gasteiger partial charge in [-0.1, -0.05) is 0 Å². The molecule has 0 heterocycles. The zero-order valence-electron chi connectivity index (χ0n) is 23.2. The maximum atomic E-state index is 12.8. The molecule has 0 aromatic heterocycles. The molecule has 0 fully saturated rings. The van der Waals surface area contributed by atoms with E-state index in [4.69, 9.17) is 0 Å². The van der Waals surface area contributed by atoms with Gasteiger partial charge in [-0.15, -0.1) is 0 Å². The fourth-order valence-electron chi connectivity index (χ4n) is 3.20. The Kier molecular flexibility index (Phi) is 12.2. The van der Waals surface area contributed by atoms with E-state index in [1.54, 1.807) is 0 Å². The van der Waals surface area contributed by atoms with Gasteiger partial charge in [0.15, 0.2) is 0 Å². The highest BCUT2D eigenvalue weighted by atomic mass is 16.2. The number of nitrogens with one attached hydrogen (secondary N) is 5. The van der Waals surface area contributed by atoms with Crippen LogP contribution in [0, 0.1) is 0 Å². The lowest BCUT2D eigenvalue weighted by Gasteiger charge is -2.31. The minimum Gasteiger partial charge on any atom is -0.352 e. The van der Waals surface area contributed by atoms with E-state index in [-0.39, 0.29) is 66.4 Å². The van der Waals surface area contributed by atoms with E-state index < -0.39 is 17.6 Å². The van der Waals surface area contributed by atoms with E-state index in [0.29, 0.717) is 0 Å². The SMILES string of the molecule is CC(C)NC(=O)C(CCC(=O)NC(C)(C)C)NC(=O)CCC(NC(C)(C)C)C(=O)NC(C)(C)C. The molecule has 5 N–H and O–H groups in total. The summed E-state index contributed by atoms with van der Waals surface area (Å²) in [7, 11) is 0. The van der Waals surface area contributed by atoms with Gasteiger partial charge >= 0.3 is 0 Å². The Bertz CT molecular complexity index is 700. The van der Waals surface area contributed by atoms with E-state index in [2.05, 4.69) is 26.6 Å². The molecule has 0 aromatic rings. The van der Waals surface area contributed by atoms with Crippen molar-refractivity contribution in [2.75, 3.05) is 0 Å². The lowest BCUT2D eigenvalue weighted by molar-refractivity contribution is -0.131. The number of rotatable bonds is 11. The van der Waals surface area contributed by atoms with E-state index in [9.17, 15) is 19.2 Å². The molecule has 0 saturated carbocycles. The van der Waals surface area contributed by atoms with E-state index in [1.165, 1.54) is 0 Å². The topological polar surface area (TPSA) is 128 Å². The Morgan fingerprint density at radius 3 is 1.50 bits per heavy atom. The zero-order chi connectivity index (χ0) is 26.9. The normalized spacial score (nSPS) is 14.2. The molecule has 0 saturated heterocycles. The molecule has 0 spiro atoms. The highest BCUT2D eigenvalue weighted by Gasteiger charge is 2.28. The van der Waals surface area contributed by atoms with Crippen LogP contribution < -0.4 is 26.6 Å². The summed E-state index contributed by atoms with van der Waals surface area (Å²) in [6, 6.07) is -1.50. The van der Waals surface area contributed by atoms with E-state index in [0.717, 1.165) is 0 Å². The molecule has 2 unspecified atom stereocenters. The van der Waals surface area contributed by atoms with Crippen molar-refractivity contribution in [3.63, 3.8) is 0 Å². The predicted molar refractivity (Wildman–Crippen MR) is 136 cm³/mol. The molecular weight excluding hydrogens is 434 g/mol. The summed E-state index contributed by atoms with van der Waals surface area (Å²) in [6.07, 6.45) is 0.620. The van der Waals surface area contributed by atoms with Crippen LogP contribution in [0.3, 0.4) is 0 Å². The first-order chi connectivity index (χ1) is 15.2. The molecule has 34 heavy (non-hydrogen) atoms. The Morgan fingerprint density at radius 1 is 0.588 bits per heavy atom. The molecular formula is C25H49N5O4. The van der Waals surface area contributed by atoms with Gasteiger partial charge in [-0.05, 0) is 89.0 Å². The van der Waals surface area contributed by atoms with Crippen LogP contribution in [0.15, 0.2) is 0 Å². The second kappa shape index (κ2) is 13.1. The highest BCUT2D eigenvalue weighted by Crippen LogP contribution is 2.10. The van der Waals surface area contributed by atoms with Crippen LogP contribution in [-0.2, 0) is 19.2 Å². The van der Waals surface area contributed by atoms with Gasteiger partial charge in [0.05, 0.1) is 6.04 Å². The number of carbonyl (C=O) groups excluding carboxylic acids is 4. The number of carbonyl (C=O) groups is 4. The summed E-state index contributed by atoms with van der Waals surface area (Å²) in [5, 5.41) is 14.6. The van der Waals surface area contributed by atoms with Gasteiger partial charge in [0.2, 0.25) is 23.6 Å². The quantitative estimate of drug-likeness (QED) is 0.308. The maximum absolute atomic E-state index is 12.8. The number of hydrogen-bond donors (Lipinski definition) is 5. The first-order valence-corrected chi connectivity index (χ1v) is 12.2. The lowest BCUT2D eigenvalue weighted by atomic mass is 10.0. The summed E-state index contributed by atoms with van der Waals surface area (Å²) in [6.45, 7) is 20.9. The second-order valence-corrected chi connectivity index (χ2v) is 12.3. The predicted octanol–water partition coefficient (Wildman–Crippen LogP) is 2.14. The van der Waals surface area contributed by atoms with Crippen LogP contribution in [0.1, 0.15) is 102 Å². The van der Waals surface area contributed by atoms with Crippen molar-refractivity contribution in [1.82, 2.24) is 26.6 Å². The molecule has 9 nitrogen and oxygen atoms in total. The van der Waals surface area contributed by atoms with Crippen molar-refractivity contribution in [3.05, 3.63) is 0 Å². The molecule has 0 rings (SSSR count). The number of amides is 4. The average molecular weight is 484 g/mol. The molecule has 0 radical (unpaired) electrons. The van der Waals surface area contributed by atoms with Gasteiger partial charge in [-0.2, -0.15) is 0 Å². The fourth-order valence-corrected chi connectivity index (χ4v) is 3.20. The molecule has 2 atom stereocenters. The second-order valence-electron chi connectivity index (χ2n) is 12.3. The Balaban J connectivity index is 5.21. The van der Waals surface area contributed by atoms with E-state index >= 15 is 0 Å². The van der Waals surface area contributed by atoms with Crippen molar-refractivity contribution < 1.29 is 19.2 Å². The molecule has 0 aromatic carbocycles. The van der Waals surface area contributed by atoms with Crippen LogP contribution in [0.4, 0.5) is 0 Å². The Hall–Kier alpha value is -2.16. The standard InChI is InChI=1S/C25H49N5O4/c1-16(2)26-21(33)17(12-15-20(32)29-24(6,7)8)27-19(31)14-13-18(28-23(3,4)5)22(34)30-25(9,10)11/h16-18,28H,12-15H2,1-11H3,(H,26,33)(H,27,31)(H,29,32)(H,30,34). The largest absolute Gasteiger partial charge is 0.352 e. The molecule has 4 amide bonds. The molecule has 9 heteroatoms. The van der Waals surface area contributed by atoms with Crippen molar-refractivity contribution >= 4 is 23.6 Å². The fraction of sp³-hybridized carbons (Fsp3) is 0.840. The molecule has 0 aliphatic rings. The van der Waals surface area contributed by atoms with Crippen molar-refractivity contribution in [1.29, 1.82) is 0 Å². The van der Waals surface area contributed by atoms with Gasteiger partial charge in [-0.25, -0.2) is 0 Å². The van der Waals surface area contributed by atoms with Gasteiger partial charge in [-0.3, -0.25) is 19.2 Å². The van der Waals surface area contributed by atoms with E-state index in [1.807, 2.05) is 76.2 Å². The Morgan fingerprint density at radius 2 is 1.06 bits per heavy atom. The van der Waals surface area contributed by atoms with Gasteiger partial charge in [0.25, 0.3) is 0 Å². The summed E-state index contributed by atoms with van der Waals surface area (Å²) >= 11 is 0. The van der Waals surface area contributed by atoms with Crippen molar-refractivity contribution in [3.8, 4) is 0 Å². The molecule has 0 bridgehead atoms. The Labute approximate surface area is 206 Å². The van der Waals surface area contributed by atoms with Gasteiger partial charge in [0, 0.05) is 35.5 Å². The van der Waals surface area contributed by atoms with Crippen LogP contribution in [0.25, 0.3) is 0 Å². The molecule has 0 aliphatic carbocycles. The first-order valence-electron chi connectivity index (χ1n) is 12.2. The monoisotopic (exact) mass is 483 g/mol. The lowest BCUT2D eigenvalue weighted by Crippen LogP contribution is -2.55. The third-order valence-corrected chi connectivity index (χ3v) is 4.34. The zero-order valence-corrected chi connectivity index (χ0v) is 23.2. The van der Waals surface area contributed by atoms with Crippen molar-refractivity contribution in [2.45, 2.75) is 137 Å². The average Bonchev–Trinajstić information content (AvgIpc) is 2.57.